The molecule has 2 atom stereocenters. The fraction of sp³-hybridized carbons (Fsp3) is 0.261. The molecule has 0 radical (unpaired) electrons. The minimum atomic E-state index is -0.0719. The number of nitrogens with zero attached hydrogens (tertiary/aromatic N) is 4. The number of aryl methyl sites for hydroxylation is 1. The molecule has 2 aliphatic heterocycles. The van der Waals surface area contributed by atoms with Crippen LogP contribution in [0.4, 0.5) is 0 Å². The van der Waals surface area contributed by atoms with E-state index in [1.165, 1.54) is 0 Å². The normalized spacial score (nSPS) is 20.5. The zero-order chi connectivity index (χ0) is 20.0. The van der Waals surface area contributed by atoms with Gasteiger partial charge in [-0.25, -0.2) is 0 Å². The molecule has 6 heteroatoms. The lowest BCUT2D eigenvalue weighted by Gasteiger charge is -2.37. The molecule has 4 heterocycles. The summed E-state index contributed by atoms with van der Waals surface area (Å²) in [6.07, 6.45) is 3.69. The molecule has 1 fully saturated rings. The van der Waals surface area contributed by atoms with E-state index in [4.69, 9.17) is 0 Å². The quantitative estimate of drug-likeness (QED) is 0.695. The predicted octanol–water partition coefficient (Wildman–Crippen LogP) is 2.91. The van der Waals surface area contributed by atoms with Crippen molar-refractivity contribution in [3.05, 3.63) is 89.5 Å². The Balaban J connectivity index is 1.48. The lowest BCUT2D eigenvalue weighted by Crippen LogP contribution is -2.50. The lowest BCUT2D eigenvalue weighted by atomic mass is 10.1. The predicted molar refractivity (Wildman–Crippen MR) is 108 cm³/mol. The van der Waals surface area contributed by atoms with Crippen molar-refractivity contribution in [2.45, 2.75) is 25.6 Å². The minimum Gasteiger partial charge on any atom is -0.337 e. The van der Waals surface area contributed by atoms with Crippen LogP contribution in [0.15, 0.2) is 67.0 Å². The fourth-order valence-corrected chi connectivity index (χ4v) is 4.52. The van der Waals surface area contributed by atoms with Gasteiger partial charge in [0.2, 0.25) is 0 Å². The van der Waals surface area contributed by atoms with Gasteiger partial charge in [0, 0.05) is 31.0 Å². The number of pyridine rings is 1. The van der Waals surface area contributed by atoms with E-state index in [1.54, 1.807) is 6.20 Å². The van der Waals surface area contributed by atoms with Crippen molar-refractivity contribution >= 4 is 11.8 Å². The highest BCUT2D eigenvalue weighted by atomic mass is 16.2. The van der Waals surface area contributed by atoms with Crippen molar-refractivity contribution in [2.24, 2.45) is 0 Å². The number of carbonyl (C=O) groups is 2. The van der Waals surface area contributed by atoms with E-state index in [1.807, 2.05) is 82.1 Å². The van der Waals surface area contributed by atoms with Crippen LogP contribution in [-0.2, 0) is 6.54 Å². The number of fused-ring (bicyclic) bond motifs is 3. The second-order valence-corrected chi connectivity index (χ2v) is 7.71. The Bertz CT molecular complexity index is 1080. The first-order valence-electron chi connectivity index (χ1n) is 9.86. The summed E-state index contributed by atoms with van der Waals surface area (Å²) >= 11 is 0. The Hall–Kier alpha value is -3.41. The largest absolute Gasteiger partial charge is 0.337 e. The third-order valence-electron chi connectivity index (χ3n) is 6.00. The van der Waals surface area contributed by atoms with Crippen LogP contribution in [0.25, 0.3) is 0 Å². The SMILES string of the molecule is Cc1ccccc1C(=O)N1C[C@@H]2[C@H](C1)n1cccc1C(=O)N2Cc1ccccn1. The van der Waals surface area contributed by atoms with Crippen LogP contribution in [-0.4, -0.2) is 50.3 Å². The molecule has 0 spiro atoms. The molecule has 29 heavy (non-hydrogen) atoms. The monoisotopic (exact) mass is 386 g/mol. The molecule has 146 valence electrons. The van der Waals surface area contributed by atoms with Gasteiger partial charge in [0.05, 0.1) is 24.3 Å². The van der Waals surface area contributed by atoms with Crippen molar-refractivity contribution in [3.63, 3.8) is 0 Å². The Morgan fingerprint density at radius 3 is 2.62 bits per heavy atom. The van der Waals surface area contributed by atoms with Crippen molar-refractivity contribution in [1.29, 1.82) is 0 Å². The average Bonchev–Trinajstić information content (AvgIpc) is 3.39. The Morgan fingerprint density at radius 2 is 1.83 bits per heavy atom. The first-order valence-corrected chi connectivity index (χ1v) is 9.86. The van der Waals surface area contributed by atoms with Gasteiger partial charge in [-0.1, -0.05) is 24.3 Å². The third kappa shape index (κ3) is 2.92. The first kappa shape index (κ1) is 17.7. The van der Waals surface area contributed by atoms with Crippen LogP contribution in [0.2, 0.25) is 0 Å². The van der Waals surface area contributed by atoms with Gasteiger partial charge in [-0.05, 0) is 42.8 Å². The molecule has 0 saturated carbocycles. The number of amides is 2. The maximum absolute atomic E-state index is 13.2. The number of hydrogen-bond acceptors (Lipinski definition) is 3. The summed E-state index contributed by atoms with van der Waals surface area (Å²) in [4.78, 5) is 34.6. The van der Waals surface area contributed by atoms with Gasteiger partial charge < -0.3 is 14.4 Å². The fourth-order valence-electron chi connectivity index (χ4n) is 4.52. The van der Waals surface area contributed by atoms with Crippen molar-refractivity contribution in [2.75, 3.05) is 13.1 Å². The first-order chi connectivity index (χ1) is 14.1. The summed E-state index contributed by atoms with van der Waals surface area (Å²) in [7, 11) is 0. The van der Waals surface area contributed by atoms with E-state index >= 15 is 0 Å². The van der Waals surface area contributed by atoms with Crippen molar-refractivity contribution in [3.8, 4) is 0 Å². The Morgan fingerprint density at radius 1 is 1.03 bits per heavy atom. The molecule has 0 N–H and O–H groups in total. The summed E-state index contributed by atoms with van der Waals surface area (Å²) in [6, 6.07) is 17.1. The van der Waals surface area contributed by atoms with Crippen LogP contribution < -0.4 is 0 Å². The molecule has 2 amide bonds. The van der Waals surface area contributed by atoms with Gasteiger partial charge in [0.15, 0.2) is 0 Å². The number of hydrogen-bond donors (Lipinski definition) is 0. The topological polar surface area (TPSA) is 58.4 Å². The van der Waals surface area contributed by atoms with E-state index < -0.39 is 0 Å². The molecular formula is C23H22N4O2. The van der Waals surface area contributed by atoms with E-state index in [2.05, 4.69) is 4.98 Å². The van der Waals surface area contributed by atoms with Gasteiger partial charge in [-0.15, -0.1) is 0 Å². The number of rotatable bonds is 3. The zero-order valence-electron chi connectivity index (χ0n) is 16.2. The third-order valence-corrected chi connectivity index (χ3v) is 6.00. The highest BCUT2D eigenvalue weighted by Gasteiger charge is 2.46. The van der Waals surface area contributed by atoms with Gasteiger partial charge in [-0.2, -0.15) is 0 Å². The molecule has 1 aromatic carbocycles. The summed E-state index contributed by atoms with van der Waals surface area (Å²) in [5.41, 5.74) is 3.22. The summed E-state index contributed by atoms with van der Waals surface area (Å²) in [5.74, 6) is 0.0172. The summed E-state index contributed by atoms with van der Waals surface area (Å²) in [6.45, 7) is 3.51. The number of carbonyl (C=O) groups excluding carboxylic acids is 2. The number of benzene rings is 1. The highest BCUT2D eigenvalue weighted by Crippen LogP contribution is 2.35. The van der Waals surface area contributed by atoms with Crippen LogP contribution in [0.5, 0.6) is 0 Å². The molecule has 0 bridgehead atoms. The molecule has 5 rings (SSSR count). The van der Waals surface area contributed by atoms with Gasteiger partial charge in [0.1, 0.15) is 5.69 Å². The molecule has 2 aliphatic rings. The van der Waals surface area contributed by atoms with Crippen LogP contribution in [0.1, 0.15) is 38.1 Å². The van der Waals surface area contributed by atoms with E-state index in [0.717, 1.165) is 16.8 Å². The minimum absolute atomic E-state index is 0.00732. The summed E-state index contributed by atoms with van der Waals surface area (Å²) < 4.78 is 2.03. The molecule has 0 aliphatic carbocycles. The second-order valence-electron chi connectivity index (χ2n) is 7.71. The molecule has 0 unspecified atom stereocenters. The molecule has 3 aromatic rings. The van der Waals surface area contributed by atoms with E-state index in [9.17, 15) is 9.59 Å². The van der Waals surface area contributed by atoms with E-state index in [0.29, 0.717) is 25.3 Å². The summed E-state index contributed by atoms with van der Waals surface area (Å²) in [5, 5.41) is 0. The second kappa shape index (κ2) is 6.88. The van der Waals surface area contributed by atoms with Crippen molar-refractivity contribution < 1.29 is 9.59 Å². The molecule has 6 nitrogen and oxygen atoms in total. The standard InChI is InChI=1S/C23H22N4O2/c1-16-7-2-3-9-18(16)22(28)25-14-20-21(15-25)27(13-17-8-4-5-11-24-17)23(29)19-10-6-12-26(19)20/h2-12,20-21H,13-15H2,1H3/t20-,21+/m0/s1. The van der Waals surface area contributed by atoms with Crippen molar-refractivity contribution in [1.82, 2.24) is 19.4 Å². The van der Waals surface area contributed by atoms with E-state index in [-0.39, 0.29) is 23.9 Å². The number of likely N-dealkylation sites (tertiary alicyclic amines) is 1. The van der Waals surface area contributed by atoms with Gasteiger partial charge in [0.25, 0.3) is 11.8 Å². The highest BCUT2D eigenvalue weighted by molar-refractivity contribution is 5.97. The smallest absolute Gasteiger partial charge is 0.271 e. The van der Waals surface area contributed by atoms with Crippen LogP contribution >= 0.6 is 0 Å². The lowest BCUT2D eigenvalue weighted by molar-refractivity contribution is 0.0547. The van der Waals surface area contributed by atoms with Crippen LogP contribution in [0, 0.1) is 6.92 Å². The number of aromatic nitrogens is 2. The van der Waals surface area contributed by atoms with Gasteiger partial charge in [-0.3, -0.25) is 14.6 Å². The Kier molecular flexibility index (Phi) is 4.19. The van der Waals surface area contributed by atoms with Gasteiger partial charge >= 0.3 is 0 Å². The molecule has 1 saturated heterocycles. The average molecular weight is 386 g/mol. The maximum atomic E-state index is 13.2. The maximum Gasteiger partial charge on any atom is 0.271 e. The van der Waals surface area contributed by atoms with Crippen LogP contribution in [0.3, 0.4) is 0 Å². The zero-order valence-corrected chi connectivity index (χ0v) is 16.2. The Labute approximate surface area is 169 Å². The molecule has 2 aromatic heterocycles. The molecular weight excluding hydrogens is 364 g/mol.